The molecule has 0 radical (unpaired) electrons. The van der Waals surface area contributed by atoms with E-state index in [9.17, 15) is 0 Å². The van der Waals surface area contributed by atoms with E-state index < -0.39 is 0 Å². The van der Waals surface area contributed by atoms with Gasteiger partial charge in [0.1, 0.15) is 0 Å². The van der Waals surface area contributed by atoms with E-state index in [0.717, 1.165) is 25.1 Å². The van der Waals surface area contributed by atoms with Crippen LogP contribution in [-0.2, 0) is 7.05 Å². The Labute approximate surface area is 91.1 Å². The Kier molecular flexibility index (Phi) is 2.69. The van der Waals surface area contributed by atoms with E-state index in [-0.39, 0.29) is 0 Å². The third-order valence-corrected chi connectivity index (χ3v) is 3.21. The topological polar surface area (TPSA) is 47.1 Å². The van der Waals surface area contributed by atoms with Gasteiger partial charge in [0.15, 0.2) is 0 Å². The second-order valence-corrected chi connectivity index (χ2v) is 4.60. The Morgan fingerprint density at radius 2 is 2.27 bits per heavy atom. The lowest BCUT2D eigenvalue weighted by molar-refractivity contribution is 0.429. The van der Waals surface area contributed by atoms with Crippen molar-refractivity contribution < 1.29 is 0 Å². The molecule has 1 aliphatic heterocycles. The number of nitrogens with two attached hydrogens (primary N) is 1. The number of hydrogen-bond acceptors (Lipinski definition) is 3. The number of piperidine rings is 1. The van der Waals surface area contributed by atoms with Crippen LogP contribution in [-0.4, -0.2) is 28.4 Å². The lowest BCUT2D eigenvalue weighted by Gasteiger charge is -2.37. The fourth-order valence-electron chi connectivity index (χ4n) is 2.44. The van der Waals surface area contributed by atoms with Gasteiger partial charge in [0.05, 0.1) is 11.4 Å². The van der Waals surface area contributed by atoms with Gasteiger partial charge < -0.3 is 10.6 Å². The highest BCUT2D eigenvalue weighted by Gasteiger charge is 2.25. The van der Waals surface area contributed by atoms with Crippen molar-refractivity contribution in [2.75, 3.05) is 11.4 Å². The van der Waals surface area contributed by atoms with Crippen LogP contribution in [0.3, 0.4) is 0 Å². The second-order valence-electron chi connectivity index (χ2n) is 4.60. The van der Waals surface area contributed by atoms with E-state index in [1.54, 1.807) is 0 Å². The van der Waals surface area contributed by atoms with Crippen molar-refractivity contribution in [1.82, 2.24) is 9.78 Å². The predicted octanol–water partition coefficient (Wildman–Crippen LogP) is 1.04. The van der Waals surface area contributed by atoms with Gasteiger partial charge in [-0.3, -0.25) is 4.68 Å². The Bertz CT molecular complexity index is 344. The minimum atomic E-state index is 0.369. The molecule has 2 N–H and O–H groups in total. The van der Waals surface area contributed by atoms with Crippen molar-refractivity contribution in [2.45, 2.75) is 38.8 Å². The van der Waals surface area contributed by atoms with Crippen LogP contribution in [0.4, 0.5) is 5.69 Å². The molecule has 4 nitrogen and oxygen atoms in total. The Balaban J connectivity index is 2.20. The first-order chi connectivity index (χ1) is 7.08. The average molecular weight is 208 g/mol. The number of anilines is 1. The second kappa shape index (κ2) is 3.85. The molecule has 0 aromatic carbocycles. The minimum Gasteiger partial charge on any atom is -0.366 e. The van der Waals surface area contributed by atoms with Crippen LogP contribution in [0.2, 0.25) is 0 Å². The summed E-state index contributed by atoms with van der Waals surface area (Å²) < 4.78 is 1.88. The lowest BCUT2D eigenvalue weighted by Crippen LogP contribution is -2.45. The summed E-state index contributed by atoms with van der Waals surface area (Å²) in [5.74, 6) is 0. The SMILES string of the molecule is Cc1nn(C)cc1N1CCC(N)CC1C. The molecule has 0 amide bonds. The van der Waals surface area contributed by atoms with Crippen molar-refractivity contribution in [3.63, 3.8) is 0 Å². The van der Waals surface area contributed by atoms with Crippen LogP contribution in [0.5, 0.6) is 0 Å². The molecule has 15 heavy (non-hydrogen) atoms. The molecule has 0 bridgehead atoms. The van der Waals surface area contributed by atoms with E-state index >= 15 is 0 Å². The van der Waals surface area contributed by atoms with Gasteiger partial charge in [-0.15, -0.1) is 0 Å². The number of nitrogens with zero attached hydrogens (tertiary/aromatic N) is 3. The van der Waals surface area contributed by atoms with E-state index in [0.29, 0.717) is 12.1 Å². The fourth-order valence-corrected chi connectivity index (χ4v) is 2.44. The van der Waals surface area contributed by atoms with Gasteiger partial charge in [-0.2, -0.15) is 5.10 Å². The first-order valence-electron chi connectivity index (χ1n) is 5.60. The molecule has 84 valence electrons. The largest absolute Gasteiger partial charge is 0.366 e. The van der Waals surface area contributed by atoms with Gasteiger partial charge in [-0.05, 0) is 26.7 Å². The van der Waals surface area contributed by atoms with Gasteiger partial charge in [0.25, 0.3) is 0 Å². The molecule has 0 aliphatic carbocycles. The Morgan fingerprint density at radius 3 is 2.80 bits per heavy atom. The lowest BCUT2D eigenvalue weighted by atomic mass is 9.98. The van der Waals surface area contributed by atoms with Crippen LogP contribution < -0.4 is 10.6 Å². The summed E-state index contributed by atoms with van der Waals surface area (Å²) in [5, 5.41) is 4.38. The number of hydrogen-bond donors (Lipinski definition) is 1. The van der Waals surface area contributed by atoms with Gasteiger partial charge in [0, 0.05) is 31.9 Å². The van der Waals surface area contributed by atoms with Crippen molar-refractivity contribution >= 4 is 5.69 Å². The maximum atomic E-state index is 5.96. The molecule has 2 atom stereocenters. The quantitative estimate of drug-likeness (QED) is 0.750. The summed E-state index contributed by atoms with van der Waals surface area (Å²) in [4.78, 5) is 2.42. The van der Waals surface area contributed by atoms with Gasteiger partial charge in [-0.1, -0.05) is 0 Å². The van der Waals surface area contributed by atoms with E-state index in [4.69, 9.17) is 5.73 Å². The molecule has 2 unspecified atom stereocenters. The highest BCUT2D eigenvalue weighted by Crippen LogP contribution is 2.26. The predicted molar refractivity (Wildman–Crippen MR) is 62.0 cm³/mol. The zero-order valence-electron chi connectivity index (χ0n) is 9.77. The van der Waals surface area contributed by atoms with Crippen LogP contribution in [0.25, 0.3) is 0 Å². The third kappa shape index (κ3) is 2.00. The zero-order valence-corrected chi connectivity index (χ0v) is 9.77. The average Bonchev–Trinajstić information content (AvgIpc) is 2.45. The summed E-state index contributed by atoms with van der Waals surface area (Å²) in [5.41, 5.74) is 8.33. The molecule has 1 saturated heterocycles. The highest BCUT2D eigenvalue weighted by atomic mass is 15.3. The molecule has 2 rings (SSSR count). The molecule has 4 heteroatoms. The minimum absolute atomic E-state index is 0.369. The van der Waals surface area contributed by atoms with Crippen molar-refractivity contribution in [3.8, 4) is 0 Å². The first-order valence-corrected chi connectivity index (χ1v) is 5.60. The summed E-state index contributed by atoms with van der Waals surface area (Å²) in [6.07, 6.45) is 4.26. The first kappa shape index (κ1) is 10.5. The van der Waals surface area contributed by atoms with Gasteiger partial charge in [-0.25, -0.2) is 0 Å². The molecule has 1 aromatic rings. The number of rotatable bonds is 1. The monoisotopic (exact) mass is 208 g/mol. The normalized spacial score (nSPS) is 27.1. The van der Waals surface area contributed by atoms with E-state index in [2.05, 4.69) is 30.0 Å². The summed E-state index contributed by atoms with van der Waals surface area (Å²) in [6, 6.07) is 0.893. The Morgan fingerprint density at radius 1 is 1.53 bits per heavy atom. The number of aryl methyl sites for hydroxylation is 2. The fraction of sp³-hybridized carbons (Fsp3) is 0.727. The highest BCUT2D eigenvalue weighted by molar-refractivity contribution is 5.50. The summed E-state index contributed by atoms with van der Waals surface area (Å²) in [6.45, 7) is 5.36. The van der Waals surface area contributed by atoms with E-state index in [1.165, 1.54) is 5.69 Å². The maximum Gasteiger partial charge on any atom is 0.0827 e. The molecule has 1 fully saturated rings. The summed E-state index contributed by atoms with van der Waals surface area (Å²) >= 11 is 0. The van der Waals surface area contributed by atoms with Crippen molar-refractivity contribution in [3.05, 3.63) is 11.9 Å². The molecule has 0 saturated carbocycles. The van der Waals surface area contributed by atoms with Crippen LogP contribution in [0.15, 0.2) is 6.20 Å². The van der Waals surface area contributed by atoms with Gasteiger partial charge >= 0.3 is 0 Å². The number of aromatic nitrogens is 2. The smallest absolute Gasteiger partial charge is 0.0827 e. The molecule has 0 spiro atoms. The summed E-state index contributed by atoms with van der Waals surface area (Å²) in [7, 11) is 1.97. The molecule has 2 heterocycles. The third-order valence-electron chi connectivity index (χ3n) is 3.21. The van der Waals surface area contributed by atoms with E-state index in [1.807, 2.05) is 11.7 Å². The maximum absolute atomic E-state index is 5.96. The van der Waals surface area contributed by atoms with Crippen molar-refractivity contribution in [1.29, 1.82) is 0 Å². The Hall–Kier alpha value is -1.03. The van der Waals surface area contributed by atoms with Crippen LogP contribution >= 0.6 is 0 Å². The molecule has 1 aromatic heterocycles. The van der Waals surface area contributed by atoms with Crippen molar-refractivity contribution in [2.24, 2.45) is 12.8 Å². The van der Waals surface area contributed by atoms with Crippen LogP contribution in [0, 0.1) is 6.92 Å². The van der Waals surface area contributed by atoms with Crippen LogP contribution in [0.1, 0.15) is 25.5 Å². The standard InChI is InChI=1S/C11H20N4/c1-8-6-10(12)4-5-15(8)11-7-14(3)13-9(11)2/h7-8,10H,4-6,12H2,1-3H3. The molecule has 1 aliphatic rings. The zero-order chi connectivity index (χ0) is 11.0. The molecular weight excluding hydrogens is 188 g/mol. The van der Waals surface area contributed by atoms with Gasteiger partial charge in [0.2, 0.25) is 0 Å². The molecular formula is C11H20N4.